The van der Waals surface area contributed by atoms with Crippen LogP contribution in [-0.4, -0.2) is 27.7 Å². The Morgan fingerprint density at radius 2 is 1.87 bits per heavy atom. The van der Waals surface area contributed by atoms with Gasteiger partial charge in [0.05, 0.1) is 12.2 Å². The monoisotopic (exact) mass is 434 g/mol. The third-order valence-corrected chi connectivity index (χ3v) is 10.9. The van der Waals surface area contributed by atoms with E-state index in [1.165, 1.54) is 44.9 Å². The quantitative estimate of drug-likeness (QED) is 0.314. The van der Waals surface area contributed by atoms with Crippen molar-refractivity contribution >= 4 is 12.6 Å². The van der Waals surface area contributed by atoms with Crippen LogP contribution >= 0.6 is 12.6 Å². The van der Waals surface area contributed by atoms with E-state index in [4.69, 9.17) is 12.6 Å². The van der Waals surface area contributed by atoms with Gasteiger partial charge in [0.15, 0.2) is 0 Å². The van der Waals surface area contributed by atoms with Gasteiger partial charge in [-0.2, -0.15) is 12.6 Å². The number of aliphatic hydroxyl groups is 2. The van der Waals surface area contributed by atoms with Crippen molar-refractivity contribution in [1.82, 2.24) is 0 Å². The fraction of sp³-hybridized carbons (Fsp3) is 0.926. The molecular formula is C27H46O2S. The SMILES string of the molecule is CCCCC(O)CC[C@@H](S)C1CCC2C3CC=C4CC(O)CC[C@]4(C)C3CC[C@@]21C. The minimum atomic E-state index is -0.135. The van der Waals surface area contributed by atoms with Gasteiger partial charge in [-0.15, -0.1) is 0 Å². The van der Waals surface area contributed by atoms with E-state index in [-0.39, 0.29) is 12.2 Å². The van der Waals surface area contributed by atoms with Crippen molar-refractivity contribution in [3.63, 3.8) is 0 Å². The molecule has 0 saturated heterocycles. The lowest BCUT2D eigenvalue weighted by atomic mass is 9.47. The van der Waals surface area contributed by atoms with Crippen molar-refractivity contribution in [3.8, 4) is 0 Å². The zero-order valence-corrected chi connectivity index (χ0v) is 20.5. The zero-order chi connectivity index (χ0) is 21.5. The summed E-state index contributed by atoms with van der Waals surface area (Å²) in [5, 5.41) is 21.0. The van der Waals surface area contributed by atoms with Gasteiger partial charge in [-0.05, 0) is 105 Å². The molecule has 9 atom stereocenters. The summed E-state index contributed by atoms with van der Waals surface area (Å²) in [4.78, 5) is 0. The average molecular weight is 435 g/mol. The second kappa shape index (κ2) is 9.10. The summed E-state index contributed by atoms with van der Waals surface area (Å²) >= 11 is 5.13. The van der Waals surface area contributed by atoms with Crippen molar-refractivity contribution in [2.45, 2.75) is 122 Å². The molecule has 3 fully saturated rings. The summed E-state index contributed by atoms with van der Waals surface area (Å²) < 4.78 is 0. The highest BCUT2D eigenvalue weighted by Gasteiger charge is 2.59. The zero-order valence-electron chi connectivity index (χ0n) is 19.7. The Bertz CT molecular complexity index is 632. The summed E-state index contributed by atoms with van der Waals surface area (Å²) in [6.45, 7) is 7.31. The third kappa shape index (κ3) is 4.05. The standard InChI is InChI=1S/C27H46O2S/c1-4-5-6-19(28)8-12-25(30)24-11-10-22-21-9-7-18-17-20(29)13-15-26(18,2)23(21)14-16-27(22,24)3/h7,19-25,28-30H,4-6,8-17H2,1-3H3/t19?,20?,21?,22?,23?,24?,25-,26+,27+/m1/s1. The van der Waals surface area contributed by atoms with Crippen LogP contribution in [0.1, 0.15) is 104 Å². The molecule has 2 nitrogen and oxygen atoms in total. The van der Waals surface area contributed by atoms with Crippen molar-refractivity contribution in [2.75, 3.05) is 0 Å². The van der Waals surface area contributed by atoms with Crippen LogP contribution in [0.3, 0.4) is 0 Å². The summed E-state index contributed by atoms with van der Waals surface area (Å²) in [6, 6.07) is 0. The summed E-state index contributed by atoms with van der Waals surface area (Å²) in [5.74, 6) is 3.18. The van der Waals surface area contributed by atoms with Crippen LogP contribution in [0.25, 0.3) is 0 Å². The highest BCUT2D eigenvalue weighted by molar-refractivity contribution is 7.81. The van der Waals surface area contributed by atoms with Gasteiger partial charge in [0.2, 0.25) is 0 Å². The van der Waals surface area contributed by atoms with E-state index in [1.54, 1.807) is 5.57 Å². The largest absolute Gasteiger partial charge is 0.393 e. The summed E-state index contributed by atoms with van der Waals surface area (Å²) in [6.07, 6.45) is 17.3. The number of thiol groups is 1. The molecule has 0 heterocycles. The molecule has 4 aliphatic rings. The summed E-state index contributed by atoms with van der Waals surface area (Å²) in [7, 11) is 0. The predicted molar refractivity (Wildman–Crippen MR) is 129 cm³/mol. The molecule has 0 amide bonds. The number of unbranched alkanes of at least 4 members (excludes halogenated alkanes) is 1. The first-order valence-corrected chi connectivity index (χ1v) is 13.5. The first-order chi connectivity index (χ1) is 14.3. The van der Waals surface area contributed by atoms with E-state index in [0.717, 1.165) is 56.3 Å². The van der Waals surface area contributed by atoms with Crippen LogP contribution in [0.2, 0.25) is 0 Å². The minimum Gasteiger partial charge on any atom is -0.393 e. The van der Waals surface area contributed by atoms with Crippen LogP contribution in [0.15, 0.2) is 11.6 Å². The van der Waals surface area contributed by atoms with Gasteiger partial charge < -0.3 is 10.2 Å². The van der Waals surface area contributed by atoms with Crippen LogP contribution in [0.5, 0.6) is 0 Å². The van der Waals surface area contributed by atoms with Gasteiger partial charge in [0.1, 0.15) is 0 Å². The van der Waals surface area contributed by atoms with E-state index in [2.05, 4.69) is 26.8 Å². The number of fused-ring (bicyclic) bond motifs is 5. The topological polar surface area (TPSA) is 40.5 Å². The Balaban J connectivity index is 1.44. The Kier molecular flexibility index (Phi) is 7.03. The summed E-state index contributed by atoms with van der Waals surface area (Å²) in [5.41, 5.74) is 2.34. The lowest BCUT2D eigenvalue weighted by Crippen LogP contribution is -2.51. The molecule has 0 radical (unpaired) electrons. The van der Waals surface area contributed by atoms with E-state index in [0.29, 0.717) is 22.0 Å². The van der Waals surface area contributed by atoms with Crippen molar-refractivity contribution < 1.29 is 10.2 Å². The van der Waals surface area contributed by atoms with Crippen LogP contribution < -0.4 is 0 Å². The van der Waals surface area contributed by atoms with Gasteiger partial charge in [-0.1, -0.05) is 45.3 Å². The van der Waals surface area contributed by atoms with E-state index in [1.807, 2.05) is 0 Å². The average Bonchev–Trinajstić information content (AvgIpc) is 3.08. The molecule has 4 rings (SSSR count). The first-order valence-electron chi connectivity index (χ1n) is 13.0. The van der Waals surface area contributed by atoms with E-state index in [9.17, 15) is 10.2 Å². The molecule has 4 aliphatic carbocycles. The molecule has 0 aromatic carbocycles. The Morgan fingerprint density at radius 3 is 2.63 bits per heavy atom. The molecule has 6 unspecified atom stereocenters. The number of allylic oxidation sites excluding steroid dienone is 1. The van der Waals surface area contributed by atoms with Crippen LogP contribution in [0, 0.1) is 34.5 Å². The van der Waals surface area contributed by atoms with Gasteiger partial charge in [0, 0.05) is 5.25 Å². The second-order valence-corrected chi connectivity index (χ2v) is 12.5. The lowest BCUT2D eigenvalue weighted by Gasteiger charge is -2.58. The van der Waals surface area contributed by atoms with Gasteiger partial charge in [-0.25, -0.2) is 0 Å². The predicted octanol–water partition coefficient (Wildman–Crippen LogP) is 6.56. The Labute approximate surface area is 190 Å². The normalized spacial score (nSPS) is 45.1. The molecule has 0 aliphatic heterocycles. The highest BCUT2D eigenvalue weighted by atomic mass is 32.1. The van der Waals surface area contributed by atoms with Gasteiger partial charge in [0.25, 0.3) is 0 Å². The maximum absolute atomic E-state index is 10.3. The molecule has 3 heteroatoms. The van der Waals surface area contributed by atoms with E-state index >= 15 is 0 Å². The van der Waals surface area contributed by atoms with E-state index < -0.39 is 0 Å². The minimum absolute atomic E-state index is 0.108. The highest BCUT2D eigenvalue weighted by Crippen LogP contribution is 2.67. The van der Waals surface area contributed by atoms with Crippen molar-refractivity contribution in [3.05, 3.63) is 11.6 Å². The molecule has 0 aromatic rings. The molecule has 172 valence electrons. The number of rotatable bonds is 7. The Morgan fingerprint density at radius 1 is 1.07 bits per heavy atom. The van der Waals surface area contributed by atoms with Gasteiger partial charge in [-0.3, -0.25) is 0 Å². The second-order valence-electron chi connectivity index (χ2n) is 11.8. The Hall–Kier alpha value is 0.01000. The fourth-order valence-electron chi connectivity index (χ4n) is 8.46. The van der Waals surface area contributed by atoms with Crippen LogP contribution in [0.4, 0.5) is 0 Å². The first kappa shape index (κ1) is 23.2. The molecule has 0 aromatic heterocycles. The maximum atomic E-state index is 10.3. The molecule has 30 heavy (non-hydrogen) atoms. The van der Waals surface area contributed by atoms with Crippen LogP contribution in [-0.2, 0) is 0 Å². The van der Waals surface area contributed by atoms with Gasteiger partial charge >= 0.3 is 0 Å². The van der Waals surface area contributed by atoms with Crippen molar-refractivity contribution in [2.24, 2.45) is 34.5 Å². The molecule has 0 spiro atoms. The van der Waals surface area contributed by atoms with Crippen molar-refractivity contribution in [1.29, 1.82) is 0 Å². The fourth-order valence-corrected chi connectivity index (χ4v) is 9.10. The lowest BCUT2D eigenvalue weighted by molar-refractivity contribution is -0.0502. The smallest absolute Gasteiger partial charge is 0.0577 e. The molecule has 3 saturated carbocycles. The third-order valence-electron chi connectivity index (χ3n) is 10.3. The number of hydrogen-bond acceptors (Lipinski definition) is 3. The number of hydrogen-bond donors (Lipinski definition) is 3. The molecule has 2 N–H and O–H groups in total. The number of aliphatic hydroxyl groups excluding tert-OH is 2. The maximum Gasteiger partial charge on any atom is 0.0577 e. The molecular weight excluding hydrogens is 388 g/mol. The molecule has 0 bridgehead atoms.